The van der Waals surface area contributed by atoms with Gasteiger partial charge in [0.1, 0.15) is 5.69 Å². The lowest BCUT2D eigenvalue weighted by molar-refractivity contribution is 0.100. The van der Waals surface area contributed by atoms with Crippen molar-refractivity contribution in [1.82, 2.24) is 4.98 Å². The van der Waals surface area contributed by atoms with Crippen LogP contribution in [-0.2, 0) is 0 Å². The van der Waals surface area contributed by atoms with Crippen LogP contribution < -0.4 is 5.32 Å². The predicted octanol–water partition coefficient (Wildman–Crippen LogP) is 2.68. The van der Waals surface area contributed by atoms with Crippen LogP contribution in [-0.4, -0.2) is 16.7 Å². The normalized spacial score (nSPS) is 10.0. The van der Waals surface area contributed by atoms with Gasteiger partial charge in [-0.1, -0.05) is 18.2 Å². The lowest BCUT2D eigenvalue weighted by Gasteiger charge is -2.05. The van der Waals surface area contributed by atoms with Gasteiger partial charge in [-0.2, -0.15) is 4.39 Å². The number of pyridine rings is 1. The van der Waals surface area contributed by atoms with Gasteiger partial charge in [0.05, 0.1) is 0 Å². The van der Waals surface area contributed by atoms with Crippen molar-refractivity contribution in [1.29, 1.82) is 0 Å². The molecule has 0 bridgehead atoms. The van der Waals surface area contributed by atoms with Gasteiger partial charge in [0.2, 0.25) is 5.95 Å². The molecule has 0 fully saturated rings. The number of carbonyl (C=O) groups excluding carboxylic acids is 2. The molecule has 19 heavy (non-hydrogen) atoms. The molecule has 1 aromatic heterocycles. The Morgan fingerprint density at radius 2 is 1.89 bits per heavy atom. The van der Waals surface area contributed by atoms with Crippen LogP contribution in [0.1, 0.15) is 27.8 Å². The molecule has 1 N–H and O–H groups in total. The molecule has 96 valence electrons. The first-order valence-electron chi connectivity index (χ1n) is 5.61. The molecule has 1 heterocycles. The van der Waals surface area contributed by atoms with Crippen LogP contribution in [0.2, 0.25) is 0 Å². The number of aromatic nitrogens is 1. The molecule has 0 spiro atoms. The van der Waals surface area contributed by atoms with Crippen molar-refractivity contribution in [2.75, 3.05) is 5.32 Å². The fraction of sp³-hybridized carbons (Fsp3) is 0.0714. The second-order valence-corrected chi connectivity index (χ2v) is 3.94. The van der Waals surface area contributed by atoms with Crippen molar-refractivity contribution in [3.8, 4) is 0 Å². The third kappa shape index (κ3) is 3.22. The first kappa shape index (κ1) is 12.9. The summed E-state index contributed by atoms with van der Waals surface area (Å²) in [6.45, 7) is 1.44. The minimum Gasteiger partial charge on any atom is -0.321 e. The lowest BCUT2D eigenvalue weighted by atomic mass is 10.1. The van der Waals surface area contributed by atoms with Gasteiger partial charge in [0.15, 0.2) is 5.78 Å². The van der Waals surface area contributed by atoms with Crippen LogP contribution >= 0.6 is 0 Å². The Morgan fingerprint density at radius 1 is 1.16 bits per heavy atom. The SMILES string of the molecule is CC(=O)c1cccc(NC(=O)c2cccc(F)n2)c1. The maximum absolute atomic E-state index is 12.9. The maximum atomic E-state index is 12.9. The van der Waals surface area contributed by atoms with E-state index in [-0.39, 0.29) is 11.5 Å². The molecule has 0 saturated carbocycles. The number of benzene rings is 1. The van der Waals surface area contributed by atoms with E-state index in [9.17, 15) is 14.0 Å². The Balaban J connectivity index is 2.19. The molecule has 5 heteroatoms. The average Bonchev–Trinajstić information content (AvgIpc) is 2.39. The number of anilines is 1. The molecule has 0 aliphatic heterocycles. The van der Waals surface area contributed by atoms with Crippen molar-refractivity contribution in [2.45, 2.75) is 6.92 Å². The highest BCUT2D eigenvalue weighted by Gasteiger charge is 2.09. The smallest absolute Gasteiger partial charge is 0.274 e. The summed E-state index contributed by atoms with van der Waals surface area (Å²) in [5.41, 5.74) is 0.932. The summed E-state index contributed by atoms with van der Waals surface area (Å²) in [4.78, 5) is 26.5. The minimum atomic E-state index is -0.717. The summed E-state index contributed by atoms with van der Waals surface area (Å²) >= 11 is 0. The van der Waals surface area contributed by atoms with Gasteiger partial charge in [-0.25, -0.2) is 4.98 Å². The second kappa shape index (κ2) is 5.39. The summed E-state index contributed by atoms with van der Waals surface area (Å²) < 4.78 is 12.9. The Labute approximate surface area is 109 Å². The molecule has 2 rings (SSSR count). The lowest BCUT2D eigenvalue weighted by Crippen LogP contribution is -2.14. The van der Waals surface area contributed by atoms with Gasteiger partial charge in [-0.3, -0.25) is 9.59 Å². The third-order valence-electron chi connectivity index (χ3n) is 2.47. The Morgan fingerprint density at radius 3 is 2.58 bits per heavy atom. The molecule has 0 unspecified atom stereocenters. The number of hydrogen-bond acceptors (Lipinski definition) is 3. The van der Waals surface area contributed by atoms with Crippen LogP contribution in [0.25, 0.3) is 0 Å². The summed E-state index contributed by atoms with van der Waals surface area (Å²) in [6, 6.07) is 10.5. The summed E-state index contributed by atoms with van der Waals surface area (Å²) in [6.07, 6.45) is 0. The molecule has 0 aliphatic carbocycles. The minimum absolute atomic E-state index is 0.0202. The van der Waals surface area contributed by atoms with E-state index in [1.165, 1.54) is 19.1 Å². The van der Waals surface area contributed by atoms with Gasteiger partial charge >= 0.3 is 0 Å². The monoisotopic (exact) mass is 258 g/mol. The van der Waals surface area contributed by atoms with Crippen LogP contribution in [0.4, 0.5) is 10.1 Å². The first-order valence-corrected chi connectivity index (χ1v) is 5.61. The molecule has 0 aliphatic rings. The van der Waals surface area contributed by atoms with E-state index in [0.29, 0.717) is 11.3 Å². The van der Waals surface area contributed by atoms with Crippen molar-refractivity contribution >= 4 is 17.4 Å². The van der Waals surface area contributed by atoms with Gasteiger partial charge in [-0.05, 0) is 31.2 Å². The van der Waals surface area contributed by atoms with Crippen LogP contribution in [0.5, 0.6) is 0 Å². The molecular formula is C14H11FN2O2. The van der Waals surface area contributed by atoms with E-state index in [4.69, 9.17) is 0 Å². The quantitative estimate of drug-likeness (QED) is 0.680. The summed E-state index contributed by atoms with van der Waals surface area (Å²) in [5, 5.41) is 2.56. The number of rotatable bonds is 3. The van der Waals surface area contributed by atoms with E-state index < -0.39 is 11.9 Å². The molecular weight excluding hydrogens is 247 g/mol. The summed E-state index contributed by atoms with van der Waals surface area (Å²) in [5.74, 6) is -1.34. The van der Waals surface area contributed by atoms with Gasteiger partial charge < -0.3 is 5.32 Å². The fourth-order valence-electron chi connectivity index (χ4n) is 1.55. The van der Waals surface area contributed by atoms with Crippen molar-refractivity contribution in [3.05, 3.63) is 59.7 Å². The molecule has 2 aromatic rings. The molecule has 0 atom stereocenters. The van der Waals surface area contributed by atoms with Crippen LogP contribution in [0.15, 0.2) is 42.5 Å². The van der Waals surface area contributed by atoms with E-state index in [0.717, 1.165) is 6.07 Å². The highest BCUT2D eigenvalue weighted by molar-refractivity contribution is 6.03. The van der Waals surface area contributed by atoms with Crippen LogP contribution in [0.3, 0.4) is 0 Å². The first-order chi connectivity index (χ1) is 9.06. The van der Waals surface area contributed by atoms with E-state index in [1.54, 1.807) is 24.3 Å². The number of amides is 1. The van der Waals surface area contributed by atoms with E-state index in [1.807, 2.05) is 0 Å². The second-order valence-electron chi connectivity index (χ2n) is 3.94. The molecule has 0 saturated heterocycles. The van der Waals surface area contributed by atoms with E-state index >= 15 is 0 Å². The number of halogens is 1. The van der Waals surface area contributed by atoms with Crippen molar-refractivity contribution in [3.63, 3.8) is 0 Å². The number of Topliss-reactive ketones (excluding diaryl/α,β-unsaturated/α-hetero) is 1. The number of ketones is 1. The topological polar surface area (TPSA) is 59.1 Å². The number of carbonyl (C=O) groups is 2. The zero-order chi connectivity index (χ0) is 13.8. The Hall–Kier alpha value is -2.56. The number of nitrogens with one attached hydrogen (secondary N) is 1. The fourth-order valence-corrected chi connectivity index (χ4v) is 1.55. The van der Waals surface area contributed by atoms with Gasteiger partial charge in [0.25, 0.3) is 5.91 Å². The molecule has 4 nitrogen and oxygen atoms in total. The van der Waals surface area contributed by atoms with Gasteiger partial charge in [0, 0.05) is 11.3 Å². The maximum Gasteiger partial charge on any atom is 0.274 e. The number of hydrogen-bond donors (Lipinski definition) is 1. The highest BCUT2D eigenvalue weighted by atomic mass is 19.1. The third-order valence-corrected chi connectivity index (χ3v) is 2.47. The standard InChI is InChI=1S/C14H11FN2O2/c1-9(18)10-4-2-5-11(8-10)16-14(19)12-6-3-7-13(15)17-12/h2-8H,1H3,(H,16,19). The number of nitrogens with zero attached hydrogens (tertiary/aromatic N) is 1. The van der Waals surface area contributed by atoms with Crippen LogP contribution in [0, 0.1) is 5.95 Å². The predicted molar refractivity (Wildman–Crippen MR) is 68.6 cm³/mol. The van der Waals surface area contributed by atoms with Crippen molar-refractivity contribution < 1.29 is 14.0 Å². The average molecular weight is 258 g/mol. The zero-order valence-electron chi connectivity index (χ0n) is 10.2. The zero-order valence-corrected chi connectivity index (χ0v) is 10.2. The largest absolute Gasteiger partial charge is 0.321 e. The molecule has 1 amide bonds. The van der Waals surface area contributed by atoms with E-state index in [2.05, 4.69) is 10.3 Å². The van der Waals surface area contributed by atoms with Crippen molar-refractivity contribution in [2.24, 2.45) is 0 Å². The Bertz CT molecular complexity index is 641. The highest BCUT2D eigenvalue weighted by Crippen LogP contribution is 2.12. The summed E-state index contributed by atoms with van der Waals surface area (Å²) in [7, 11) is 0. The molecule has 1 aromatic carbocycles. The van der Waals surface area contributed by atoms with Gasteiger partial charge in [-0.15, -0.1) is 0 Å². The Kier molecular flexibility index (Phi) is 3.66. The molecule has 0 radical (unpaired) electrons.